The second-order valence-electron chi connectivity index (χ2n) is 7.12. The highest BCUT2D eigenvalue weighted by Gasteiger charge is 2.09. The molecule has 0 aliphatic rings. The molecule has 0 fully saturated rings. The standard InChI is InChI=1S/C22H29NO3/c1-15(2)19-6-8-20(9-7-19)25-13-18(5)23-22(24)14-26-21-11-16(3)10-17(4)12-21/h6-12,15,18H,13-14H2,1-5H3,(H,23,24)/t18-/m1/s1. The van der Waals surface area contributed by atoms with Gasteiger partial charge in [-0.15, -0.1) is 0 Å². The summed E-state index contributed by atoms with van der Waals surface area (Å²) in [6.07, 6.45) is 0. The van der Waals surface area contributed by atoms with E-state index in [1.165, 1.54) is 5.56 Å². The number of nitrogens with one attached hydrogen (secondary N) is 1. The minimum absolute atomic E-state index is 0.00365. The molecule has 140 valence electrons. The second-order valence-corrected chi connectivity index (χ2v) is 7.12. The molecule has 1 amide bonds. The third kappa shape index (κ3) is 6.43. The first-order valence-electron chi connectivity index (χ1n) is 9.06. The molecule has 0 spiro atoms. The van der Waals surface area contributed by atoms with Gasteiger partial charge in [-0.25, -0.2) is 0 Å². The van der Waals surface area contributed by atoms with E-state index >= 15 is 0 Å². The molecular formula is C22H29NO3. The van der Waals surface area contributed by atoms with E-state index in [9.17, 15) is 4.79 Å². The number of aryl methyl sites for hydroxylation is 2. The van der Waals surface area contributed by atoms with Gasteiger partial charge in [0, 0.05) is 0 Å². The molecule has 0 radical (unpaired) electrons. The number of ether oxygens (including phenoxy) is 2. The number of benzene rings is 2. The van der Waals surface area contributed by atoms with E-state index in [-0.39, 0.29) is 18.6 Å². The van der Waals surface area contributed by atoms with Crippen LogP contribution >= 0.6 is 0 Å². The topological polar surface area (TPSA) is 47.6 Å². The molecule has 1 atom stereocenters. The SMILES string of the molecule is Cc1cc(C)cc(OCC(=O)N[C@H](C)COc2ccc(C(C)C)cc2)c1. The Morgan fingerprint density at radius 1 is 0.923 bits per heavy atom. The summed E-state index contributed by atoms with van der Waals surface area (Å²) in [6.45, 7) is 10.7. The van der Waals surface area contributed by atoms with Gasteiger partial charge in [0.1, 0.15) is 18.1 Å². The summed E-state index contributed by atoms with van der Waals surface area (Å²) in [5.41, 5.74) is 3.51. The Morgan fingerprint density at radius 3 is 2.12 bits per heavy atom. The normalized spacial score (nSPS) is 11.9. The van der Waals surface area contributed by atoms with Gasteiger partial charge >= 0.3 is 0 Å². The van der Waals surface area contributed by atoms with Gasteiger partial charge < -0.3 is 14.8 Å². The summed E-state index contributed by atoms with van der Waals surface area (Å²) >= 11 is 0. The summed E-state index contributed by atoms with van der Waals surface area (Å²) in [6, 6.07) is 13.9. The zero-order valence-electron chi connectivity index (χ0n) is 16.3. The Kier molecular flexibility index (Phi) is 7.07. The largest absolute Gasteiger partial charge is 0.491 e. The average molecular weight is 355 g/mol. The lowest BCUT2D eigenvalue weighted by atomic mass is 10.0. The van der Waals surface area contributed by atoms with Crippen LogP contribution in [0.2, 0.25) is 0 Å². The molecule has 0 aliphatic carbocycles. The molecule has 0 bridgehead atoms. The minimum Gasteiger partial charge on any atom is -0.491 e. The maximum absolute atomic E-state index is 12.0. The maximum Gasteiger partial charge on any atom is 0.258 e. The van der Waals surface area contributed by atoms with E-state index in [2.05, 4.69) is 37.4 Å². The van der Waals surface area contributed by atoms with Crippen molar-refractivity contribution < 1.29 is 14.3 Å². The zero-order valence-corrected chi connectivity index (χ0v) is 16.3. The zero-order chi connectivity index (χ0) is 19.1. The van der Waals surface area contributed by atoms with Crippen molar-refractivity contribution >= 4 is 5.91 Å². The lowest BCUT2D eigenvalue weighted by molar-refractivity contribution is -0.123. The Hall–Kier alpha value is -2.49. The lowest BCUT2D eigenvalue weighted by Crippen LogP contribution is -2.39. The summed E-state index contributed by atoms with van der Waals surface area (Å²) in [5.74, 6) is 1.86. The van der Waals surface area contributed by atoms with E-state index in [4.69, 9.17) is 9.47 Å². The quantitative estimate of drug-likeness (QED) is 0.764. The van der Waals surface area contributed by atoms with Gasteiger partial charge in [0.05, 0.1) is 6.04 Å². The van der Waals surface area contributed by atoms with Crippen LogP contribution in [-0.2, 0) is 4.79 Å². The minimum atomic E-state index is -0.157. The van der Waals surface area contributed by atoms with Gasteiger partial charge in [0.25, 0.3) is 5.91 Å². The monoisotopic (exact) mass is 355 g/mol. The van der Waals surface area contributed by atoms with Gasteiger partial charge in [-0.05, 0) is 67.6 Å². The summed E-state index contributed by atoms with van der Waals surface area (Å²) < 4.78 is 11.3. The van der Waals surface area contributed by atoms with Crippen molar-refractivity contribution in [3.8, 4) is 11.5 Å². The number of rotatable bonds is 8. The highest BCUT2D eigenvalue weighted by atomic mass is 16.5. The number of hydrogen-bond acceptors (Lipinski definition) is 3. The number of carbonyl (C=O) groups excluding carboxylic acids is 1. The van der Waals surface area contributed by atoms with Crippen molar-refractivity contribution in [2.24, 2.45) is 0 Å². The molecule has 0 saturated carbocycles. The molecule has 2 aromatic rings. The molecule has 1 N–H and O–H groups in total. The highest BCUT2D eigenvalue weighted by Crippen LogP contribution is 2.19. The molecule has 2 rings (SSSR count). The van der Waals surface area contributed by atoms with Crippen molar-refractivity contribution in [1.82, 2.24) is 5.32 Å². The van der Waals surface area contributed by atoms with Crippen LogP contribution in [0.1, 0.15) is 43.4 Å². The fourth-order valence-electron chi connectivity index (χ4n) is 2.69. The third-order valence-electron chi connectivity index (χ3n) is 4.02. The molecule has 0 saturated heterocycles. The van der Waals surface area contributed by atoms with Crippen LogP contribution in [0.15, 0.2) is 42.5 Å². The first-order chi connectivity index (χ1) is 12.3. The summed E-state index contributed by atoms with van der Waals surface area (Å²) in [7, 11) is 0. The van der Waals surface area contributed by atoms with E-state index in [1.807, 2.05) is 45.0 Å². The van der Waals surface area contributed by atoms with Crippen LogP contribution in [0.5, 0.6) is 11.5 Å². The molecule has 4 nitrogen and oxygen atoms in total. The van der Waals surface area contributed by atoms with Crippen molar-refractivity contribution in [2.45, 2.75) is 46.6 Å². The number of hydrogen-bond donors (Lipinski definition) is 1. The average Bonchev–Trinajstić information content (AvgIpc) is 2.58. The Bertz CT molecular complexity index is 702. The van der Waals surface area contributed by atoms with Crippen molar-refractivity contribution in [2.75, 3.05) is 13.2 Å². The van der Waals surface area contributed by atoms with Crippen LogP contribution in [0.3, 0.4) is 0 Å². The Labute approximate surface area is 156 Å². The van der Waals surface area contributed by atoms with Crippen LogP contribution in [-0.4, -0.2) is 25.2 Å². The van der Waals surface area contributed by atoms with E-state index < -0.39 is 0 Å². The van der Waals surface area contributed by atoms with Gasteiger partial charge in [0.15, 0.2) is 6.61 Å². The molecule has 0 heterocycles. The summed E-state index contributed by atoms with van der Waals surface area (Å²) in [4.78, 5) is 12.0. The molecular weight excluding hydrogens is 326 g/mol. The van der Waals surface area contributed by atoms with E-state index in [0.29, 0.717) is 18.3 Å². The first kappa shape index (κ1) is 19.8. The number of amides is 1. The Balaban J connectivity index is 1.74. The van der Waals surface area contributed by atoms with Crippen LogP contribution in [0, 0.1) is 13.8 Å². The number of carbonyl (C=O) groups is 1. The van der Waals surface area contributed by atoms with Crippen molar-refractivity contribution in [1.29, 1.82) is 0 Å². The highest BCUT2D eigenvalue weighted by molar-refractivity contribution is 5.77. The smallest absolute Gasteiger partial charge is 0.258 e. The molecule has 2 aromatic carbocycles. The van der Waals surface area contributed by atoms with E-state index in [1.54, 1.807) is 0 Å². The first-order valence-corrected chi connectivity index (χ1v) is 9.06. The fraction of sp³-hybridized carbons (Fsp3) is 0.409. The van der Waals surface area contributed by atoms with Crippen molar-refractivity contribution in [3.63, 3.8) is 0 Å². The van der Waals surface area contributed by atoms with Crippen LogP contribution in [0.4, 0.5) is 0 Å². The molecule has 4 heteroatoms. The van der Waals surface area contributed by atoms with Gasteiger partial charge in [-0.2, -0.15) is 0 Å². The van der Waals surface area contributed by atoms with E-state index in [0.717, 1.165) is 16.9 Å². The molecule has 0 aliphatic heterocycles. The second kappa shape index (κ2) is 9.27. The Morgan fingerprint density at radius 2 is 1.54 bits per heavy atom. The molecule has 0 aromatic heterocycles. The summed E-state index contributed by atoms with van der Waals surface area (Å²) in [5, 5.41) is 2.89. The van der Waals surface area contributed by atoms with Gasteiger partial charge in [0.2, 0.25) is 0 Å². The van der Waals surface area contributed by atoms with Gasteiger partial charge in [-0.3, -0.25) is 4.79 Å². The third-order valence-corrected chi connectivity index (χ3v) is 4.02. The molecule has 0 unspecified atom stereocenters. The predicted molar refractivity (Wildman–Crippen MR) is 105 cm³/mol. The lowest BCUT2D eigenvalue weighted by Gasteiger charge is -2.16. The van der Waals surface area contributed by atoms with Crippen molar-refractivity contribution in [3.05, 3.63) is 59.2 Å². The van der Waals surface area contributed by atoms with Crippen LogP contribution < -0.4 is 14.8 Å². The van der Waals surface area contributed by atoms with Gasteiger partial charge in [-0.1, -0.05) is 32.0 Å². The maximum atomic E-state index is 12.0. The molecule has 26 heavy (non-hydrogen) atoms. The fourth-order valence-corrected chi connectivity index (χ4v) is 2.69. The van der Waals surface area contributed by atoms with Crippen LogP contribution in [0.25, 0.3) is 0 Å². The predicted octanol–water partition coefficient (Wildman–Crippen LogP) is 4.39.